The van der Waals surface area contributed by atoms with Crippen molar-refractivity contribution in [2.75, 3.05) is 13.1 Å². The fourth-order valence-corrected chi connectivity index (χ4v) is 3.09. The van der Waals surface area contributed by atoms with Gasteiger partial charge in [0.1, 0.15) is 5.82 Å². The van der Waals surface area contributed by atoms with Crippen LogP contribution in [0.3, 0.4) is 0 Å². The van der Waals surface area contributed by atoms with Crippen LogP contribution in [0.2, 0.25) is 0 Å². The highest BCUT2D eigenvalue weighted by atomic mass is 19.1. The minimum atomic E-state index is -0.128. The van der Waals surface area contributed by atoms with E-state index in [-0.39, 0.29) is 5.82 Å². The first-order chi connectivity index (χ1) is 11.2. The number of hydrogen-bond donors (Lipinski definition) is 1. The third kappa shape index (κ3) is 4.60. The van der Waals surface area contributed by atoms with E-state index in [4.69, 9.17) is 0 Å². The Balaban J connectivity index is 1.43. The monoisotopic (exact) mass is 313 g/mol. The van der Waals surface area contributed by atoms with Crippen molar-refractivity contribution in [1.29, 1.82) is 0 Å². The average molecular weight is 313 g/mol. The van der Waals surface area contributed by atoms with Gasteiger partial charge < -0.3 is 5.32 Å². The Kier molecular flexibility index (Phi) is 5.36. The minimum Gasteiger partial charge on any atom is -0.310 e. The third-order valence-corrected chi connectivity index (χ3v) is 4.52. The number of nitrogens with one attached hydrogen (secondary N) is 1. The normalized spacial score (nSPS) is 16.6. The summed E-state index contributed by atoms with van der Waals surface area (Å²) in [5.74, 6) is -0.128. The first kappa shape index (κ1) is 16.1. The van der Waals surface area contributed by atoms with Gasteiger partial charge in [0.2, 0.25) is 0 Å². The predicted molar refractivity (Wildman–Crippen MR) is 90.5 cm³/mol. The molecule has 0 amide bonds. The minimum absolute atomic E-state index is 0.128. The topological polar surface area (TPSA) is 28.2 Å². The van der Waals surface area contributed by atoms with E-state index in [0.29, 0.717) is 6.04 Å². The molecule has 2 aromatic rings. The van der Waals surface area contributed by atoms with Crippen LogP contribution in [0.5, 0.6) is 0 Å². The Hall–Kier alpha value is -1.78. The number of hydrogen-bond acceptors (Lipinski definition) is 3. The van der Waals surface area contributed by atoms with Crippen LogP contribution in [0.25, 0.3) is 0 Å². The smallest absolute Gasteiger partial charge is 0.126 e. The van der Waals surface area contributed by atoms with Gasteiger partial charge in [0.05, 0.1) is 5.69 Å². The second-order valence-corrected chi connectivity index (χ2v) is 6.34. The second-order valence-electron chi connectivity index (χ2n) is 6.34. The van der Waals surface area contributed by atoms with Crippen LogP contribution in [-0.2, 0) is 13.1 Å². The molecule has 1 aromatic carbocycles. The molecular formula is C19H24FN3. The van der Waals surface area contributed by atoms with Crippen LogP contribution >= 0.6 is 0 Å². The Morgan fingerprint density at radius 1 is 1.22 bits per heavy atom. The van der Waals surface area contributed by atoms with Crippen molar-refractivity contribution in [2.24, 2.45) is 0 Å². The summed E-state index contributed by atoms with van der Waals surface area (Å²) in [6, 6.07) is 12.0. The summed E-state index contributed by atoms with van der Waals surface area (Å²) in [4.78, 5) is 6.86. The summed E-state index contributed by atoms with van der Waals surface area (Å²) in [6.45, 7) is 5.75. The SMILES string of the molecule is Cc1cc(CNC2CCN(Cc3ccccn3)CC2)ccc1F. The number of likely N-dealkylation sites (tertiary alicyclic amines) is 1. The van der Waals surface area contributed by atoms with Gasteiger partial charge in [-0.05, 0) is 49.1 Å². The predicted octanol–water partition coefficient (Wildman–Crippen LogP) is 3.28. The van der Waals surface area contributed by atoms with Gasteiger partial charge in [-0.25, -0.2) is 4.39 Å². The lowest BCUT2D eigenvalue weighted by Crippen LogP contribution is -2.41. The number of halogens is 1. The molecule has 3 rings (SSSR count). The summed E-state index contributed by atoms with van der Waals surface area (Å²) in [5, 5.41) is 3.60. The molecule has 1 fully saturated rings. The second kappa shape index (κ2) is 7.66. The van der Waals surface area contributed by atoms with E-state index in [1.165, 1.54) is 0 Å². The van der Waals surface area contributed by atoms with E-state index >= 15 is 0 Å². The standard InChI is InChI=1S/C19H24FN3/c1-15-12-16(5-6-19(15)20)13-22-17-7-10-23(11-8-17)14-18-4-2-3-9-21-18/h2-6,9,12,17,22H,7-8,10-11,13-14H2,1H3. The van der Waals surface area contributed by atoms with Crippen LogP contribution < -0.4 is 5.32 Å². The van der Waals surface area contributed by atoms with Gasteiger partial charge in [0.25, 0.3) is 0 Å². The summed E-state index contributed by atoms with van der Waals surface area (Å²) < 4.78 is 13.3. The molecule has 4 heteroatoms. The summed E-state index contributed by atoms with van der Waals surface area (Å²) in [7, 11) is 0. The Morgan fingerprint density at radius 2 is 2.04 bits per heavy atom. The first-order valence-corrected chi connectivity index (χ1v) is 8.31. The number of nitrogens with zero attached hydrogens (tertiary/aromatic N) is 2. The number of pyridine rings is 1. The highest BCUT2D eigenvalue weighted by molar-refractivity contribution is 5.23. The molecule has 3 nitrogen and oxygen atoms in total. The van der Waals surface area contributed by atoms with Crippen LogP contribution in [0.15, 0.2) is 42.6 Å². The molecular weight excluding hydrogens is 289 g/mol. The van der Waals surface area contributed by atoms with Gasteiger partial charge in [-0.3, -0.25) is 9.88 Å². The molecule has 0 radical (unpaired) electrons. The van der Waals surface area contributed by atoms with Gasteiger partial charge >= 0.3 is 0 Å². The molecule has 0 aliphatic carbocycles. The molecule has 1 aliphatic heterocycles. The molecule has 1 saturated heterocycles. The van der Waals surface area contributed by atoms with Crippen molar-refractivity contribution >= 4 is 0 Å². The molecule has 122 valence electrons. The molecule has 0 atom stereocenters. The highest BCUT2D eigenvalue weighted by Gasteiger charge is 2.19. The van der Waals surface area contributed by atoms with Crippen LogP contribution in [-0.4, -0.2) is 29.0 Å². The maximum atomic E-state index is 13.3. The molecule has 2 heterocycles. The van der Waals surface area contributed by atoms with E-state index in [1.54, 1.807) is 6.07 Å². The first-order valence-electron chi connectivity index (χ1n) is 8.31. The fourth-order valence-electron chi connectivity index (χ4n) is 3.09. The van der Waals surface area contributed by atoms with Gasteiger partial charge in [0, 0.05) is 38.4 Å². The number of benzene rings is 1. The van der Waals surface area contributed by atoms with Gasteiger partial charge in [0.15, 0.2) is 0 Å². The Bertz CT molecular complexity index is 622. The number of aryl methyl sites for hydroxylation is 1. The quantitative estimate of drug-likeness (QED) is 0.918. The molecule has 23 heavy (non-hydrogen) atoms. The number of piperidine rings is 1. The summed E-state index contributed by atoms with van der Waals surface area (Å²) in [5.41, 5.74) is 3.01. The van der Waals surface area contributed by atoms with Crippen LogP contribution in [0.1, 0.15) is 29.7 Å². The van der Waals surface area contributed by atoms with Crippen LogP contribution in [0.4, 0.5) is 4.39 Å². The maximum absolute atomic E-state index is 13.3. The lowest BCUT2D eigenvalue weighted by Gasteiger charge is -2.32. The number of rotatable bonds is 5. The summed E-state index contributed by atoms with van der Waals surface area (Å²) >= 11 is 0. The number of aromatic nitrogens is 1. The lowest BCUT2D eigenvalue weighted by molar-refractivity contribution is 0.188. The highest BCUT2D eigenvalue weighted by Crippen LogP contribution is 2.14. The lowest BCUT2D eigenvalue weighted by atomic mass is 10.0. The molecule has 0 unspecified atom stereocenters. The van der Waals surface area contributed by atoms with Crippen LogP contribution in [0, 0.1) is 12.7 Å². The maximum Gasteiger partial charge on any atom is 0.126 e. The van der Waals surface area contributed by atoms with Gasteiger partial charge in [-0.15, -0.1) is 0 Å². The van der Waals surface area contributed by atoms with E-state index in [9.17, 15) is 4.39 Å². The van der Waals surface area contributed by atoms with Gasteiger partial charge in [-0.2, -0.15) is 0 Å². The molecule has 1 N–H and O–H groups in total. The van der Waals surface area contributed by atoms with Crippen molar-refractivity contribution in [3.63, 3.8) is 0 Å². The van der Waals surface area contributed by atoms with Crippen molar-refractivity contribution < 1.29 is 4.39 Å². The van der Waals surface area contributed by atoms with Gasteiger partial charge in [-0.1, -0.05) is 18.2 Å². The fraction of sp³-hybridized carbons (Fsp3) is 0.421. The molecule has 0 saturated carbocycles. The Morgan fingerprint density at radius 3 is 2.74 bits per heavy atom. The van der Waals surface area contributed by atoms with Crippen molar-refractivity contribution in [3.8, 4) is 0 Å². The molecule has 0 bridgehead atoms. The zero-order valence-corrected chi connectivity index (χ0v) is 13.6. The van der Waals surface area contributed by atoms with Crippen molar-refractivity contribution in [1.82, 2.24) is 15.2 Å². The van der Waals surface area contributed by atoms with E-state index in [0.717, 1.165) is 55.8 Å². The van der Waals surface area contributed by atoms with E-state index < -0.39 is 0 Å². The third-order valence-electron chi connectivity index (χ3n) is 4.52. The van der Waals surface area contributed by atoms with E-state index in [2.05, 4.69) is 21.3 Å². The Labute approximate surface area is 137 Å². The van der Waals surface area contributed by atoms with Crippen molar-refractivity contribution in [3.05, 3.63) is 65.2 Å². The van der Waals surface area contributed by atoms with E-state index in [1.807, 2.05) is 37.4 Å². The molecule has 0 spiro atoms. The van der Waals surface area contributed by atoms with Crippen molar-refractivity contribution in [2.45, 2.75) is 38.9 Å². The molecule has 1 aromatic heterocycles. The largest absolute Gasteiger partial charge is 0.310 e. The molecule has 1 aliphatic rings. The zero-order chi connectivity index (χ0) is 16.1. The average Bonchev–Trinajstić information content (AvgIpc) is 2.58. The zero-order valence-electron chi connectivity index (χ0n) is 13.6. The summed E-state index contributed by atoms with van der Waals surface area (Å²) in [6.07, 6.45) is 4.15.